The third-order valence-electron chi connectivity index (χ3n) is 6.38. The third-order valence-corrected chi connectivity index (χ3v) is 6.38. The van der Waals surface area contributed by atoms with E-state index in [9.17, 15) is 9.18 Å². The molecule has 2 aliphatic rings. The molecule has 32 heavy (non-hydrogen) atoms. The van der Waals surface area contributed by atoms with E-state index in [-0.39, 0.29) is 24.4 Å². The van der Waals surface area contributed by atoms with Crippen LogP contribution in [0.2, 0.25) is 0 Å². The van der Waals surface area contributed by atoms with E-state index in [4.69, 9.17) is 9.97 Å². The number of rotatable bonds is 6. The fraction of sp³-hybridized carbons (Fsp3) is 0.542. The van der Waals surface area contributed by atoms with Gasteiger partial charge in [0.25, 0.3) is 0 Å². The van der Waals surface area contributed by atoms with E-state index in [1.165, 1.54) is 30.2 Å². The maximum atomic E-state index is 13.7. The third kappa shape index (κ3) is 5.47. The van der Waals surface area contributed by atoms with Crippen molar-refractivity contribution in [3.05, 3.63) is 46.9 Å². The number of aromatic nitrogens is 2. The van der Waals surface area contributed by atoms with Gasteiger partial charge in [-0.1, -0.05) is 18.2 Å². The molecule has 1 heterocycles. The standard InChI is InChI=1S/C24H33FN6O/c1-31(2)22-19-8-4-6-10-21(19)29-23(30-22)27-17-11-13-18(14-12-17)28-24(32)26-15-16-7-3-5-9-20(16)25/h3,5,7,9,17-18H,4,6,8,10-15H2,1-2H3,(H2,26,28,32)(H,27,29,30). The molecule has 8 heteroatoms. The van der Waals surface area contributed by atoms with E-state index >= 15 is 0 Å². The lowest BCUT2D eigenvalue weighted by Gasteiger charge is -2.30. The van der Waals surface area contributed by atoms with Crippen molar-refractivity contribution in [1.29, 1.82) is 0 Å². The van der Waals surface area contributed by atoms with Gasteiger partial charge in [-0.2, -0.15) is 4.98 Å². The molecular formula is C24H33FN6O. The average Bonchev–Trinajstić information content (AvgIpc) is 2.79. The molecule has 4 rings (SSSR count). The first-order chi connectivity index (χ1) is 15.5. The summed E-state index contributed by atoms with van der Waals surface area (Å²) in [4.78, 5) is 23.9. The zero-order valence-corrected chi connectivity index (χ0v) is 19.0. The van der Waals surface area contributed by atoms with Gasteiger partial charge in [0, 0.05) is 43.9 Å². The molecule has 0 bridgehead atoms. The molecule has 0 atom stereocenters. The molecule has 3 N–H and O–H groups in total. The summed E-state index contributed by atoms with van der Waals surface area (Å²) in [6.07, 6.45) is 8.12. The Bertz CT molecular complexity index is 942. The summed E-state index contributed by atoms with van der Waals surface area (Å²) in [5.41, 5.74) is 2.96. The molecule has 1 saturated carbocycles. The number of nitrogens with zero attached hydrogens (tertiary/aromatic N) is 3. The van der Waals surface area contributed by atoms with Crippen molar-refractivity contribution in [3.8, 4) is 0 Å². The number of carbonyl (C=O) groups is 1. The van der Waals surface area contributed by atoms with Crippen molar-refractivity contribution >= 4 is 17.8 Å². The minimum atomic E-state index is -0.304. The Morgan fingerprint density at radius 3 is 2.53 bits per heavy atom. The lowest BCUT2D eigenvalue weighted by Crippen LogP contribution is -2.44. The predicted octanol–water partition coefficient (Wildman–Crippen LogP) is 3.78. The summed E-state index contributed by atoms with van der Waals surface area (Å²) in [6, 6.07) is 6.65. The van der Waals surface area contributed by atoms with E-state index < -0.39 is 0 Å². The lowest BCUT2D eigenvalue weighted by atomic mass is 9.91. The van der Waals surface area contributed by atoms with Crippen LogP contribution in [-0.4, -0.2) is 42.2 Å². The van der Waals surface area contributed by atoms with Gasteiger partial charge in [-0.25, -0.2) is 14.2 Å². The Hall–Kier alpha value is -2.90. The number of anilines is 2. The zero-order chi connectivity index (χ0) is 22.5. The molecule has 2 amide bonds. The Morgan fingerprint density at radius 1 is 1.06 bits per heavy atom. The molecule has 2 aliphatic carbocycles. The van der Waals surface area contributed by atoms with Crippen molar-refractivity contribution in [1.82, 2.24) is 20.6 Å². The monoisotopic (exact) mass is 440 g/mol. The highest BCUT2D eigenvalue weighted by molar-refractivity contribution is 5.74. The number of hydrogen-bond donors (Lipinski definition) is 3. The van der Waals surface area contributed by atoms with Gasteiger partial charge in [0.05, 0.1) is 5.69 Å². The highest BCUT2D eigenvalue weighted by Gasteiger charge is 2.24. The Kier molecular flexibility index (Phi) is 7.07. The molecule has 0 spiro atoms. The number of aryl methyl sites for hydroxylation is 1. The first-order valence-corrected chi connectivity index (χ1v) is 11.6. The second-order valence-electron chi connectivity index (χ2n) is 9.01. The van der Waals surface area contributed by atoms with Gasteiger partial charge in [-0.15, -0.1) is 0 Å². The Balaban J connectivity index is 1.26. The summed E-state index contributed by atoms with van der Waals surface area (Å²) in [5, 5.41) is 9.31. The second-order valence-corrected chi connectivity index (χ2v) is 9.01. The number of halogens is 1. The molecule has 7 nitrogen and oxygen atoms in total. The number of nitrogens with one attached hydrogen (secondary N) is 3. The van der Waals surface area contributed by atoms with Crippen molar-refractivity contribution in [2.24, 2.45) is 0 Å². The Morgan fingerprint density at radius 2 is 1.78 bits per heavy atom. The van der Waals surface area contributed by atoms with Crippen LogP contribution in [0.25, 0.3) is 0 Å². The molecule has 1 aromatic carbocycles. The summed E-state index contributed by atoms with van der Waals surface area (Å²) < 4.78 is 13.7. The van der Waals surface area contributed by atoms with Gasteiger partial charge in [-0.05, 0) is 57.4 Å². The molecular weight excluding hydrogens is 407 g/mol. The lowest BCUT2D eigenvalue weighted by molar-refractivity contribution is 0.231. The maximum Gasteiger partial charge on any atom is 0.315 e. The van der Waals surface area contributed by atoms with E-state index in [0.717, 1.165) is 44.3 Å². The van der Waals surface area contributed by atoms with Crippen LogP contribution in [0.4, 0.5) is 21.0 Å². The normalized spacial score (nSPS) is 20.2. The first-order valence-electron chi connectivity index (χ1n) is 11.6. The van der Waals surface area contributed by atoms with E-state index in [2.05, 4.69) is 20.9 Å². The van der Waals surface area contributed by atoms with Crippen LogP contribution in [0, 0.1) is 5.82 Å². The fourth-order valence-corrected chi connectivity index (χ4v) is 4.63. The minimum Gasteiger partial charge on any atom is -0.362 e. The topological polar surface area (TPSA) is 82.2 Å². The smallest absolute Gasteiger partial charge is 0.315 e. The van der Waals surface area contributed by atoms with E-state index in [0.29, 0.717) is 17.6 Å². The highest BCUT2D eigenvalue weighted by atomic mass is 19.1. The molecule has 1 fully saturated rings. The van der Waals surface area contributed by atoms with Crippen LogP contribution >= 0.6 is 0 Å². The number of benzene rings is 1. The first kappa shape index (κ1) is 22.3. The number of urea groups is 1. The molecule has 0 saturated heterocycles. The fourth-order valence-electron chi connectivity index (χ4n) is 4.63. The van der Waals surface area contributed by atoms with Gasteiger partial charge in [0.2, 0.25) is 5.95 Å². The number of fused-ring (bicyclic) bond motifs is 1. The summed E-state index contributed by atoms with van der Waals surface area (Å²) in [5.74, 6) is 1.44. The summed E-state index contributed by atoms with van der Waals surface area (Å²) in [6.45, 7) is 0.180. The predicted molar refractivity (Wildman–Crippen MR) is 124 cm³/mol. The van der Waals surface area contributed by atoms with Crippen molar-refractivity contribution < 1.29 is 9.18 Å². The van der Waals surface area contributed by atoms with Crippen molar-refractivity contribution in [2.75, 3.05) is 24.3 Å². The van der Waals surface area contributed by atoms with Crippen LogP contribution < -0.4 is 20.9 Å². The van der Waals surface area contributed by atoms with Crippen LogP contribution in [0.1, 0.15) is 55.3 Å². The SMILES string of the molecule is CN(C)c1nc(NC2CCC(NC(=O)NCc3ccccc3F)CC2)nc2c1CCCC2. The van der Waals surface area contributed by atoms with Crippen molar-refractivity contribution in [2.45, 2.75) is 70.0 Å². The molecule has 172 valence electrons. The van der Waals surface area contributed by atoms with Crippen LogP contribution in [0.3, 0.4) is 0 Å². The van der Waals surface area contributed by atoms with Crippen LogP contribution in [0.15, 0.2) is 24.3 Å². The quantitative estimate of drug-likeness (QED) is 0.637. The van der Waals surface area contributed by atoms with Gasteiger partial charge in [0.15, 0.2) is 0 Å². The average molecular weight is 441 g/mol. The van der Waals surface area contributed by atoms with Gasteiger partial charge in [-0.3, -0.25) is 0 Å². The van der Waals surface area contributed by atoms with E-state index in [1.54, 1.807) is 18.2 Å². The van der Waals surface area contributed by atoms with Crippen LogP contribution in [0.5, 0.6) is 0 Å². The highest BCUT2D eigenvalue weighted by Crippen LogP contribution is 2.29. The van der Waals surface area contributed by atoms with Gasteiger partial charge in [0.1, 0.15) is 11.6 Å². The van der Waals surface area contributed by atoms with E-state index in [1.807, 2.05) is 14.1 Å². The largest absolute Gasteiger partial charge is 0.362 e. The molecule has 0 aliphatic heterocycles. The van der Waals surface area contributed by atoms with Gasteiger partial charge >= 0.3 is 6.03 Å². The summed E-state index contributed by atoms with van der Waals surface area (Å²) in [7, 11) is 4.07. The molecule has 0 unspecified atom stereocenters. The molecule has 1 aromatic heterocycles. The molecule has 2 aromatic rings. The zero-order valence-electron chi connectivity index (χ0n) is 19.0. The summed E-state index contributed by atoms with van der Waals surface area (Å²) >= 11 is 0. The maximum absolute atomic E-state index is 13.7. The number of hydrogen-bond acceptors (Lipinski definition) is 5. The molecule has 0 radical (unpaired) electrons. The minimum absolute atomic E-state index is 0.121. The second kappa shape index (κ2) is 10.1. The Labute approximate surface area is 189 Å². The van der Waals surface area contributed by atoms with Crippen molar-refractivity contribution in [3.63, 3.8) is 0 Å². The number of amides is 2. The number of carbonyl (C=O) groups excluding carboxylic acids is 1. The van der Waals surface area contributed by atoms with Gasteiger partial charge < -0.3 is 20.9 Å². The van der Waals surface area contributed by atoms with Crippen LogP contribution in [-0.2, 0) is 19.4 Å².